The van der Waals surface area contributed by atoms with Crippen LogP contribution in [-0.4, -0.2) is 14.9 Å². The molecule has 0 aliphatic heterocycles. The topological polar surface area (TPSA) is 38.0 Å². The van der Waals surface area contributed by atoms with Gasteiger partial charge in [0.2, 0.25) is 0 Å². The second-order valence-electron chi connectivity index (χ2n) is 6.28. The smallest absolute Gasteiger partial charge is 0.129 e. The van der Waals surface area contributed by atoms with E-state index in [4.69, 9.17) is 0 Å². The Morgan fingerprint density at radius 1 is 1.24 bits per heavy atom. The molecule has 0 saturated carbocycles. The van der Waals surface area contributed by atoms with E-state index in [1.165, 1.54) is 18.2 Å². The number of aliphatic hydroxyl groups is 1. The quantitative estimate of drug-likeness (QED) is 0.943. The average Bonchev–Trinajstić information content (AvgIpc) is 2.76. The highest BCUT2D eigenvalue weighted by molar-refractivity contribution is 5.29. The van der Waals surface area contributed by atoms with E-state index < -0.39 is 17.7 Å². The SMILES string of the molecule is Cn1cc(C(O)Cc2c(F)cccc2F)c(C(C)(C)C)n1. The molecule has 0 aliphatic rings. The summed E-state index contributed by atoms with van der Waals surface area (Å²) in [4.78, 5) is 0. The summed E-state index contributed by atoms with van der Waals surface area (Å²) < 4.78 is 29.0. The van der Waals surface area contributed by atoms with Gasteiger partial charge in [0, 0.05) is 36.2 Å². The third kappa shape index (κ3) is 3.29. The summed E-state index contributed by atoms with van der Waals surface area (Å²) in [6, 6.07) is 3.70. The highest BCUT2D eigenvalue weighted by Crippen LogP contribution is 2.30. The van der Waals surface area contributed by atoms with Crippen molar-refractivity contribution in [2.75, 3.05) is 0 Å². The summed E-state index contributed by atoms with van der Waals surface area (Å²) in [5.41, 5.74) is 0.973. The summed E-state index contributed by atoms with van der Waals surface area (Å²) >= 11 is 0. The van der Waals surface area contributed by atoms with Crippen LogP contribution in [0.15, 0.2) is 24.4 Å². The Balaban J connectivity index is 2.35. The first-order valence-electron chi connectivity index (χ1n) is 6.85. The van der Waals surface area contributed by atoms with Gasteiger partial charge in [0.15, 0.2) is 0 Å². The van der Waals surface area contributed by atoms with Crippen molar-refractivity contribution in [2.24, 2.45) is 7.05 Å². The van der Waals surface area contributed by atoms with Crippen molar-refractivity contribution in [2.45, 2.75) is 38.7 Å². The molecule has 21 heavy (non-hydrogen) atoms. The first kappa shape index (κ1) is 15.6. The summed E-state index contributed by atoms with van der Waals surface area (Å²) in [5, 5.41) is 14.8. The molecule has 1 N–H and O–H groups in total. The molecule has 2 aromatic rings. The Kier molecular flexibility index (Phi) is 4.14. The van der Waals surface area contributed by atoms with Crippen LogP contribution in [0.2, 0.25) is 0 Å². The molecule has 2 rings (SSSR count). The summed E-state index contributed by atoms with van der Waals surface area (Å²) in [5.74, 6) is -1.29. The molecule has 1 atom stereocenters. The van der Waals surface area contributed by atoms with Gasteiger partial charge in [0.05, 0.1) is 11.8 Å². The number of hydrogen-bond donors (Lipinski definition) is 1. The fraction of sp³-hybridized carbons (Fsp3) is 0.438. The number of nitrogens with zero attached hydrogens (tertiary/aromatic N) is 2. The molecular formula is C16H20F2N2O. The highest BCUT2D eigenvalue weighted by Gasteiger charge is 2.26. The lowest BCUT2D eigenvalue weighted by Gasteiger charge is -2.20. The van der Waals surface area contributed by atoms with Crippen molar-refractivity contribution in [3.05, 3.63) is 52.9 Å². The lowest BCUT2D eigenvalue weighted by molar-refractivity contribution is 0.173. The van der Waals surface area contributed by atoms with E-state index in [2.05, 4.69) is 5.10 Å². The maximum Gasteiger partial charge on any atom is 0.129 e. The first-order chi connectivity index (χ1) is 9.70. The van der Waals surface area contributed by atoms with E-state index in [1.807, 2.05) is 20.8 Å². The van der Waals surface area contributed by atoms with Gasteiger partial charge in [-0.25, -0.2) is 8.78 Å². The van der Waals surface area contributed by atoms with Gasteiger partial charge < -0.3 is 5.11 Å². The Hall–Kier alpha value is -1.75. The number of rotatable bonds is 3. The van der Waals surface area contributed by atoms with E-state index in [-0.39, 0.29) is 17.4 Å². The van der Waals surface area contributed by atoms with Crippen molar-refractivity contribution in [3.63, 3.8) is 0 Å². The van der Waals surface area contributed by atoms with Gasteiger partial charge in [-0.15, -0.1) is 0 Å². The Morgan fingerprint density at radius 2 is 1.81 bits per heavy atom. The molecule has 0 spiro atoms. The minimum absolute atomic E-state index is 0.103. The molecule has 114 valence electrons. The van der Waals surface area contributed by atoms with Gasteiger partial charge in [-0.1, -0.05) is 26.8 Å². The molecule has 0 fully saturated rings. The number of halogens is 2. The molecule has 3 nitrogen and oxygen atoms in total. The monoisotopic (exact) mass is 294 g/mol. The molecule has 0 aliphatic carbocycles. The first-order valence-corrected chi connectivity index (χ1v) is 6.85. The third-order valence-corrected chi connectivity index (χ3v) is 3.39. The lowest BCUT2D eigenvalue weighted by atomic mass is 9.87. The van der Waals surface area contributed by atoms with Gasteiger partial charge in [0.25, 0.3) is 0 Å². The predicted molar refractivity (Wildman–Crippen MR) is 76.9 cm³/mol. The van der Waals surface area contributed by atoms with Crippen molar-refractivity contribution < 1.29 is 13.9 Å². The molecule has 0 amide bonds. The van der Waals surface area contributed by atoms with Crippen LogP contribution in [0.5, 0.6) is 0 Å². The number of aliphatic hydroxyl groups excluding tert-OH is 1. The lowest BCUT2D eigenvalue weighted by Crippen LogP contribution is -2.17. The molecule has 1 aromatic heterocycles. The Labute approximate surface area is 123 Å². The molecule has 5 heteroatoms. The van der Waals surface area contributed by atoms with E-state index in [0.29, 0.717) is 5.56 Å². The normalized spacial score (nSPS) is 13.5. The molecule has 1 heterocycles. The molecule has 0 saturated heterocycles. The molecule has 1 aromatic carbocycles. The fourth-order valence-corrected chi connectivity index (χ4v) is 2.36. The zero-order valence-corrected chi connectivity index (χ0v) is 12.7. The average molecular weight is 294 g/mol. The van der Waals surface area contributed by atoms with Crippen LogP contribution in [-0.2, 0) is 18.9 Å². The minimum atomic E-state index is -1.00. The summed E-state index contributed by atoms with van der Waals surface area (Å²) in [7, 11) is 1.76. The largest absolute Gasteiger partial charge is 0.388 e. The Morgan fingerprint density at radius 3 is 2.33 bits per heavy atom. The number of aromatic nitrogens is 2. The number of hydrogen-bond acceptors (Lipinski definition) is 2. The molecule has 1 unspecified atom stereocenters. The molecular weight excluding hydrogens is 274 g/mol. The van der Waals surface area contributed by atoms with E-state index in [0.717, 1.165) is 5.69 Å². The van der Waals surface area contributed by atoms with Crippen LogP contribution in [0.1, 0.15) is 43.7 Å². The van der Waals surface area contributed by atoms with Crippen LogP contribution >= 0.6 is 0 Å². The third-order valence-electron chi connectivity index (χ3n) is 3.39. The van der Waals surface area contributed by atoms with E-state index in [1.54, 1.807) is 17.9 Å². The van der Waals surface area contributed by atoms with Gasteiger partial charge in [-0.05, 0) is 12.1 Å². The summed E-state index contributed by atoms with van der Waals surface area (Å²) in [6.07, 6.45) is 0.580. The van der Waals surface area contributed by atoms with E-state index in [9.17, 15) is 13.9 Å². The van der Waals surface area contributed by atoms with Gasteiger partial charge >= 0.3 is 0 Å². The maximum atomic E-state index is 13.7. The second-order valence-corrected chi connectivity index (χ2v) is 6.28. The van der Waals surface area contributed by atoms with Crippen LogP contribution in [0.25, 0.3) is 0 Å². The zero-order valence-electron chi connectivity index (χ0n) is 12.7. The number of benzene rings is 1. The van der Waals surface area contributed by atoms with Crippen molar-refractivity contribution >= 4 is 0 Å². The fourth-order valence-electron chi connectivity index (χ4n) is 2.36. The van der Waals surface area contributed by atoms with Crippen LogP contribution < -0.4 is 0 Å². The van der Waals surface area contributed by atoms with Crippen LogP contribution in [0.3, 0.4) is 0 Å². The maximum absolute atomic E-state index is 13.7. The molecule has 0 radical (unpaired) electrons. The minimum Gasteiger partial charge on any atom is -0.388 e. The van der Waals surface area contributed by atoms with Crippen LogP contribution in [0, 0.1) is 11.6 Å². The highest BCUT2D eigenvalue weighted by atomic mass is 19.1. The molecule has 0 bridgehead atoms. The number of aryl methyl sites for hydroxylation is 1. The van der Waals surface area contributed by atoms with E-state index >= 15 is 0 Å². The van der Waals surface area contributed by atoms with Crippen molar-refractivity contribution in [1.29, 1.82) is 0 Å². The zero-order chi connectivity index (χ0) is 15.8. The van der Waals surface area contributed by atoms with Crippen molar-refractivity contribution in [1.82, 2.24) is 9.78 Å². The van der Waals surface area contributed by atoms with Crippen LogP contribution in [0.4, 0.5) is 8.78 Å². The van der Waals surface area contributed by atoms with Gasteiger partial charge in [0.1, 0.15) is 11.6 Å². The second kappa shape index (κ2) is 5.56. The van der Waals surface area contributed by atoms with Crippen molar-refractivity contribution in [3.8, 4) is 0 Å². The van der Waals surface area contributed by atoms with Gasteiger partial charge in [-0.2, -0.15) is 5.10 Å². The Bertz CT molecular complexity index is 624. The van der Waals surface area contributed by atoms with Gasteiger partial charge in [-0.3, -0.25) is 4.68 Å². The predicted octanol–water partition coefficient (Wildman–Crippen LogP) is 3.27. The standard InChI is InChI=1S/C16H20F2N2O/c1-16(2,3)15-11(9-20(4)19-15)14(21)8-10-12(17)6-5-7-13(10)18/h5-7,9,14,21H,8H2,1-4H3. The summed E-state index contributed by atoms with van der Waals surface area (Å²) in [6.45, 7) is 5.94.